The van der Waals surface area contributed by atoms with Crippen LogP contribution in [-0.4, -0.2) is 32.4 Å². The van der Waals surface area contributed by atoms with Crippen molar-refractivity contribution in [3.05, 3.63) is 53.1 Å². The highest BCUT2D eigenvalue weighted by molar-refractivity contribution is 7.92. The van der Waals surface area contributed by atoms with E-state index in [4.69, 9.17) is 4.74 Å². The summed E-state index contributed by atoms with van der Waals surface area (Å²) in [6, 6.07) is 9.05. The van der Waals surface area contributed by atoms with E-state index in [2.05, 4.69) is 4.72 Å². The summed E-state index contributed by atoms with van der Waals surface area (Å²) in [5.74, 6) is -0.986. The predicted octanol–water partition coefficient (Wildman–Crippen LogP) is 2.74. The Morgan fingerprint density at radius 3 is 2.54 bits per heavy atom. The van der Waals surface area contributed by atoms with Gasteiger partial charge < -0.3 is 9.84 Å². The molecule has 0 unspecified atom stereocenters. The van der Waals surface area contributed by atoms with Gasteiger partial charge in [-0.2, -0.15) is 0 Å². The average Bonchev–Trinajstić information content (AvgIpc) is 2.92. The van der Waals surface area contributed by atoms with E-state index < -0.39 is 21.4 Å². The second-order valence-corrected chi connectivity index (χ2v) is 8.80. The van der Waals surface area contributed by atoms with Crippen LogP contribution < -0.4 is 9.46 Å². The van der Waals surface area contributed by atoms with Crippen molar-refractivity contribution >= 4 is 27.5 Å². The zero-order valence-electron chi connectivity index (χ0n) is 15.2. The second kappa shape index (κ2) is 6.34. The average molecular weight is 401 g/mol. The number of anilines is 1. The molecule has 28 heavy (non-hydrogen) atoms. The number of carbonyl (C=O) groups excluding carboxylic acids is 1. The van der Waals surface area contributed by atoms with Crippen LogP contribution in [0.25, 0.3) is 0 Å². The lowest BCUT2D eigenvalue weighted by atomic mass is 9.64. The molecule has 1 saturated carbocycles. The number of fused-ring (bicyclic) bond motifs is 2. The summed E-state index contributed by atoms with van der Waals surface area (Å²) in [4.78, 5) is 24.3. The van der Waals surface area contributed by atoms with Crippen molar-refractivity contribution in [1.82, 2.24) is 0 Å². The number of carboxylic acids is 1. The van der Waals surface area contributed by atoms with Crippen LogP contribution in [0.2, 0.25) is 0 Å². The molecule has 7 nitrogen and oxygen atoms in total. The molecule has 2 aromatic carbocycles. The Kier molecular flexibility index (Phi) is 4.19. The van der Waals surface area contributed by atoms with Gasteiger partial charge in [-0.25, -0.2) is 13.2 Å². The predicted molar refractivity (Wildman–Crippen MR) is 101 cm³/mol. The summed E-state index contributed by atoms with van der Waals surface area (Å²) in [6.07, 6.45) is 2.31. The first kappa shape index (κ1) is 18.5. The minimum Gasteiger partial charge on any atom is -0.495 e. The number of methoxy groups -OCH3 is 1. The van der Waals surface area contributed by atoms with Crippen LogP contribution in [0, 0.1) is 0 Å². The lowest BCUT2D eigenvalue weighted by Gasteiger charge is -2.37. The molecule has 1 fully saturated rings. The molecule has 146 valence electrons. The molecule has 0 saturated heterocycles. The van der Waals surface area contributed by atoms with Crippen molar-refractivity contribution in [2.45, 2.75) is 36.0 Å². The summed E-state index contributed by atoms with van der Waals surface area (Å²) < 4.78 is 33.3. The maximum atomic E-state index is 12.9. The Morgan fingerprint density at radius 1 is 1.21 bits per heavy atom. The number of nitrogens with one attached hydrogen (secondary N) is 1. The van der Waals surface area contributed by atoms with E-state index >= 15 is 0 Å². The van der Waals surface area contributed by atoms with Crippen LogP contribution in [0.1, 0.15) is 40.7 Å². The highest BCUT2D eigenvalue weighted by Crippen LogP contribution is 2.52. The van der Waals surface area contributed by atoms with Crippen LogP contribution in [-0.2, 0) is 26.7 Å². The maximum Gasteiger partial charge on any atom is 0.336 e. The normalized spacial score (nSPS) is 17.1. The van der Waals surface area contributed by atoms with Crippen LogP contribution >= 0.6 is 0 Å². The molecule has 0 bridgehead atoms. The summed E-state index contributed by atoms with van der Waals surface area (Å²) in [7, 11) is -2.64. The quantitative estimate of drug-likeness (QED) is 0.797. The molecular weight excluding hydrogens is 382 g/mol. The van der Waals surface area contributed by atoms with Crippen molar-refractivity contribution in [3.8, 4) is 5.75 Å². The summed E-state index contributed by atoms with van der Waals surface area (Å²) in [5, 5.41) is 9.61. The van der Waals surface area contributed by atoms with E-state index in [0.29, 0.717) is 24.0 Å². The van der Waals surface area contributed by atoms with Gasteiger partial charge in [0.1, 0.15) is 16.4 Å². The van der Waals surface area contributed by atoms with Gasteiger partial charge in [-0.1, -0.05) is 18.6 Å². The van der Waals surface area contributed by atoms with E-state index in [1.54, 1.807) is 18.2 Å². The van der Waals surface area contributed by atoms with E-state index in [1.165, 1.54) is 25.3 Å². The number of carboxylic acid groups (broad SMARTS) is 1. The van der Waals surface area contributed by atoms with Crippen molar-refractivity contribution in [3.63, 3.8) is 0 Å². The first-order valence-corrected chi connectivity index (χ1v) is 10.4. The first-order chi connectivity index (χ1) is 13.3. The molecular formula is C20H19NO6S. The summed E-state index contributed by atoms with van der Waals surface area (Å²) >= 11 is 0. The number of aromatic carboxylic acids is 1. The molecule has 0 aliphatic heterocycles. The minimum atomic E-state index is -4.01. The number of Topliss-reactive ketones (excluding diaryl/α,β-unsaturated/α-hetero) is 1. The van der Waals surface area contributed by atoms with E-state index in [0.717, 1.165) is 6.42 Å². The van der Waals surface area contributed by atoms with Gasteiger partial charge in [0.05, 0.1) is 23.8 Å². The molecule has 8 heteroatoms. The Hall–Kier alpha value is -2.87. The van der Waals surface area contributed by atoms with Crippen LogP contribution in [0.5, 0.6) is 5.75 Å². The topological polar surface area (TPSA) is 110 Å². The fourth-order valence-electron chi connectivity index (χ4n) is 4.15. The van der Waals surface area contributed by atoms with Gasteiger partial charge in [0, 0.05) is 6.42 Å². The zero-order valence-corrected chi connectivity index (χ0v) is 16.0. The van der Waals surface area contributed by atoms with Crippen molar-refractivity contribution < 1.29 is 27.9 Å². The molecule has 2 aromatic rings. The van der Waals surface area contributed by atoms with Crippen LogP contribution in [0.3, 0.4) is 0 Å². The van der Waals surface area contributed by atoms with Gasteiger partial charge in [-0.15, -0.1) is 0 Å². The molecule has 4 rings (SSSR count). The summed E-state index contributed by atoms with van der Waals surface area (Å²) in [6.45, 7) is 0. The Bertz CT molecular complexity index is 1100. The number of benzene rings is 2. The van der Waals surface area contributed by atoms with Gasteiger partial charge in [-0.3, -0.25) is 9.52 Å². The highest BCUT2D eigenvalue weighted by atomic mass is 32.2. The third-order valence-electron chi connectivity index (χ3n) is 5.68. The number of carbonyl (C=O) groups is 2. The lowest BCUT2D eigenvalue weighted by Crippen LogP contribution is -2.39. The number of ketones is 1. The number of hydrogen-bond donors (Lipinski definition) is 2. The van der Waals surface area contributed by atoms with Crippen LogP contribution in [0.15, 0.2) is 41.3 Å². The van der Waals surface area contributed by atoms with E-state index in [-0.39, 0.29) is 34.1 Å². The Balaban J connectivity index is 1.81. The first-order valence-electron chi connectivity index (χ1n) is 8.88. The highest BCUT2D eigenvalue weighted by Gasteiger charge is 2.51. The van der Waals surface area contributed by atoms with Crippen LogP contribution in [0.4, 0.5) is 5.69 Å². The SMILES string of the molecule is COc1ccccc1S(=O)(=O)Nc1cc(C(=O)O)c2c(c1)C1(CCC1)C(=O)C2. The minimum absolute atomic E-state index is 0.0148. The standard InChI is InChI=1S/C20H19NO6S/c1-27-16-5-2-3-6-17(16)28(25,26)21-12-9-14(19(23)24)13-11-18(22)20(7-4-8-20)15(13)10-12/h2-3,5-6,9-10,21H,4,7-8,11H2,1H3,(H,23,24). The molecule has 0 aromatic heterocycles. The molecule has 0 heterocycles. The van der Waals surface area contributed by atoms with E-state index in [9.17, 15) is 23.1 Å². The van der Waals surface area contributed by atoms with Gasteiger partial charge in [0.15, 0.2) is 0 Å². The number of hydrogen-bond acceptors (Lipinski definition) is 5. The van der Waals surface area contributed by atoms with Gasteiger partial charge in [0.2, 0.25) is 0 Å². The number of rotatable bonds is 5. The van der Waals surface area contributed by atoms with Gasteiger partial charge in [0.25, 0.3) is 10.0 Å². The Labute approximate surface area is 162 Å². The van der Waals surface area contributed by atoms with E-state index in [1.807, 2.05) is 0 Å². The largest absolute Gasteiger partial charge is 0.495 e. The number of sulfonamides is 1. The summed E-state index contributed by atoms with van der Waals surface area (Å²) in [5.41, 5.74) is 0.569. The van der Waals surface area contributed by atoms with Gasteiger partial charge in [-0.05, 0) is 48.2 Å². The third kappa shape index (κ3) is 2.67. The van der Waals surface area contributed by atoms with Gasteiger partial charge >= 0.3 is 5.97 Å². The maximum absolute atomic E-state index is 12.9. The fourth-order valence-corrected chi connectivity index (χ4v) is 5.36. The number of ether oxygens (including phenoxy) is 1. The fraction of sp³-hybridized carbons (Fsp3) is 0.300. The zero-order chi connectivity index (χ0) is 20.1. The smallest absolute Gasteiger partial charge is 0.336 e. The van der Waals surface area contributed by atoms with Crippen molar-refractivity contribution in [2.75, 3.05) is 11.8 Å². The molecule has 0 radical (unpaired) electrons. The van der Waals surface area contributed by atoms with Crippen molar-refractivity contribution in [2.24, 2.45) is 0 Å². The second-order valence-electron chi connectivity index (χ2n) is 7.15. The molecule has 0 amide bonds. The number of para-hydroxylation sites is 1. The molecule has 0 atom stereocenters. The third-order valence-corrected chi connectivity index (χ3v) is 7.11. The molecule has 1 spiro atoms. The molecule has 2 N–H and O–H groups in total. The molecule has 2 aliphatic rings. The monoisotopic (exact) mass is 401 g/mol. The Morgan fingerprint density at radius 2 is 1.93 bits per heavy atom. The molecule has 2 aliphatic carbocycles. The van der Waals surface area contributed by atoms with Crippen molar-refractivity contribution in [1.29, 1.82) is 0 Å². The lowest BCUT2D eigenvalue weighted by molar-refractivity contribution is -0.125.